The van der Waals surface area contributed by atoms with E-state index in [9.17, 15) is 4.79 Å². The van der Waals surface area contributed by atoms with Crippen LogP contribution in [0.1, 0.15) is 15.9 Å². The van der Waals surface area contributed by atoms with E-state index in [0.29, 0.717) is 12.1 Å². The summed E-state index contributed by atoms with van der Waals surface area (Å²) in [5.41, 5.74) is 13.7. The highest BCUT2D eigenvalue weighted by Crippen LogP contribution is 2.29. The van der Waals surface area contributed by atoms with E-state index >= 15 is 0 Å². The van der Waals surface area contributed by atoms with Crippen molar-refractivity contribution in [2.24, 2.45) is 11.5 Å². The van der Waals surface area contributed by atoms with Gasteiger partial charge in [-0.3, -0.25) is 4.79 Å². The van der Waals surface area contributed by atoms with E-state index in [-0.39, 0.29) is 10.7 Å². The average molecular weight is 262 g/mol. The maximum absolute atomic E-state index is 11.5. The predicted molar refractivity (Wildman–Crippen MR) is 71.1 cm³/mol. The van der Waals surface area contributed by atoms with Crippen LogP contribution in [0.3, 0.4) is 0 Å². The van der Waals surface area contributed by atoms with Crippen molar-refractivity contribution in [2.45, 2.75) is 6.54 Å². The number of rotatable bonds is 3. The number of aromatic nitrogens is 1. The Balaban J connectivity index is 2.71. The van der Waals surface area contributed by atoms with Crippen LogP contribution in [-0.2, 0) is 6.54 Å². The molecule has 1 heterocycles. The van der Waals surface area contributed by atoms with Crippen LogP contribution in [0.25, 0.3) is 11.1 Å². The summed E-state index contributed by atoms with van der Waals surface area (Å²) in [5, 5.41) is 0.104. The van der Waals surface area contributed by atoms with Gasteiger partial charge < -0.3 is 11.5 Å². The van der Waals surface area contributed by atoms with Crippen molar-refractivity contribution in [1.82, 2.24) is 4.98 Å². The maximum atomic E-state index is 11.5. The lowest BCUT2D eigenvalue weighted by molar-refractivity contribution is 0.100. The number of carbonyl (C=O) groups is 1. The zero-order chi connectivity index (χ0) is 13.1. The van der Waals surface area contributed by atoms with E-state index in [1.807, 2.05) is 24.3 Å². The van der Waals surface area contributed by atoms with Gasteiger partial charge >= 0.3 is 0 Å². The van der Waals surface area contributed by atoms with Crippen LogP contribution in [0, 0.1) is 0 Å². The van der Waals surface area contributed by atoms with Crippen molar-refractivity contribution in [1.29, 1.82) is 0 Å². The third kappa shape index (κ3) is 2.20. The highest BCUT2D eigenvalue weighted by Gasteiger charge is 2.16. The second-order valence-electron chi connectivity index (χ2n) is 3.75. The quantitative estimate of drug-likeness (QED) is 0.829. The van der Waals surface area contributed by atoms with Crippen molar-refractivity contribution < 1.29 is 4.79 Å². The summed E-state index contributed by atoms with van der Waals surface area (Å²) in [7, 11) is 0. The van der Waals surface area contributed by atoms with Gasteiger partial charge in [0.15, 0.2) is 0 Å². The highest BCUT2D eigenvalue weighted by atomic mass is 35.5. The largest absolute Gasteiger partial charge is 0.365 e. The molecule has 18 heavy (non-hydrogen) atoms. The third-order valence-corrected chi connectivity index (χ3v) is 2.97. The molecule has 0 fully saturated rings. The van der Waals surface area contributed by atoms with Crippen LogP contribution >= 0.6 is 11.6 Å². The number of hydrogen-bond acceptors (Lipinski definition) is 3. The monoisotopic (exact) mass is 261 g/mol. The zero-order valence-corrected chi connectivity index (χ0v) is 10.3. The van der Waals surface area contributed by atoms with E-state index in [4.69, 9.17) is 23.1 Å². The van der Waals surface area contributed by atoms with Crippen LogP contribution in [0.5, 0.6) is 0 Å². The lowest BCUT2D eigenvalue weighted by Gasteiger charge is -2.11. The minimum atomic E-state index is -0.602. The molecule has 0 radical (unpaired) electrons. The van der Waals surface area contributed by atoms with Crippen LogP contribution in [0.2, 0.25) is 5.15 Å². The fourth-order valence-electron chi connectivity index (χ4n) is 1.86. The topological polar surface area (TPSA) is 82.0 Å². The van der Waals surface area contributed by atoms with Crippen molar-refractivity contribution in [2.75, 3.05) is 0 Å². The molecule has 0 spiro atoms. The molecule has 2 rings (SSSR count). The summed E-state index contributed by atoms with van der Waals surface area (Å²) < 4.78 is 0. The smallest absolute Gasteiger partial charge is 0.252 e. The van der Waals surface area contributed by atoms with Gasteiger partial charge in [-0.2, -0.15) is 0 Å². The molecule has 5 heteroatoms. The number of amides is 1. The lowest BCUT2D eigenvalue weighted by Crippen LogP contribution is -2.14. The van der Waals surface area contributed by atoms with E-state index in [0.717, 1.165) is 11.1 Å². The van der Waals surface area contributed by atoms with E-state index in [1.165, 1.54) is 6.20 Å². The van der Waals surface area contributed by atoms with Crippen LogP contribution in [-0.4, -0.2) is 10.9 Å². The molecule has 0 saturated carbocycles. The van der Waals surface area contributed by atoms with Crippen LogP contribution < -0.4 is 11.5 Å². The molecule has 92 valence electrons. The zero-order valence-electron chi connectivity index (χ0n) is 9.56. The Hall–Kier alpha value is -1.91. The summed E-state index contributed by atoms with van der Waals surface area (Å²) in [5.74, 6) is -0.602. The molecule has 0 saturated heterocycles. The van der Waals surface area contributed by atoms with Gasteiger partial charge in [0.25, 0.3) is 5.91 Å². The molecule has 1 amide bonds. The number of hydrogen-bond donors (Lipinski definition) is 2. The van der Waals surface area contributed by atoms with Crippen LogP contribution in [0.15, 0.2) is 36.5 Å². The summed E-state index contributed by atoms with van der Waals surface area (Å²) in [4.78, 5) is 15.4. The first kappa shape index (κ1) is 12.5. The van der Waals surface area contributed by atoms with Crippen LogP contribution in [0.4, 0.5) is 0 Å². The first-order valence-corrected chi connectivity index (χ1v) is 5.75. The molecule has 0 bridgehead atoms. The Bertz CT molecular complexity index is 599. The number of benzene rings is 1. The second-order valence-corrected chi connectivity index (χ2v) is 4.11. The number of nitrogens with two attached hydrogens (primary N) is 2. The molecule has 1 aromatic carbocycles. The number of primary amides is 1. The van der Waals surface area contributed by atoms with Crippen molar-refractivity contribution in [3.63, 3.8) is 0 Å². The number of halogens is 1. The Morgan fingerprint density at radius 2 is 1.94 bits per heavy atom. The van der Waals surface area contributed by atoms with E-state index < -0.39 is 5.91 Å². The lowest BCUT2D eigenvalue weighted by atomic mass is 9.96. The number of pyridine rings is 1. The third-order valence-electron chi connectivity index (χ3n) is 2.68. The molecule has 1 aromatic heterocycles. The fourth-order valence-corrected chi connectivity index (χ4v) is 2.11. The Morgan fingerprint density at radius 1 is 1.22 bits per heavy atom. The number of carbonyl (C=O) groups excluding carboxylic acids is 1. The Labute approximate surface area is 110 Å². The van der Waals surface area contributed by atoms with Gasteiger partial charge in [0.05, 0.1) is 5.56 Å². The Kier molecular flexibility index (Phi) is 3.60. The molecule has 0 aliphatic rings. The molecule has 4 nitrogen and oxygen atoms in total. The summed E-state index contributed by atoms with van der Waals surface area (Å²) in [6.45, 7) is 0.369. The van der Waals surface area contributed by atoms with E-state index in [1.54, 1.807) is 6.07 Å². The average Bonchev–Trinajstić information content (AvgIpc) is 2.38. The van der Waals surface area contributed by atoms with Crippen molar-refractivity contribution in [3.05, 3.63) is 52.8 Å². The SMILES string of the molecule is NCc1ccccc1-c1ccnc(Cl)c1C(N)=O. The predicted octanol–water partition coefficient (Wildman–Crippen LogP) is 1.96. The first-order chi connectivity index (χ1) is 8.65. The molecule has 4 N–H and O–H groups in total. The number of nitrogens with zero attached hydrogens (tertiary/aromatic N) is 1. The molecule has 0 unspecified atom stereocenters. The van der Waals surface area contributed by atoms with Gasteiger partial charge in [-0.25, -0.2) is 4.98 Å². The molecular weight excluding hydrogens is 250 g/mol. The van der Waals surface area contributed by atoms with Gasteiger partial charge in [0.1, 0.15) is 5.15 Å². The standard InChI is InChI=1S/C13H12ClN3O/c14-12-11(13(16)18)10(5-6-17-12)9-4-2-1-3-8(9)7-15/h1-6H,7,15H2,(H2,16,18). The van der Waals surface area contributed by atoms with Crippen molar-refractivity contribution in [3.8, 4) is 11.1 Å². The molecule has 0 aliphatic heterocycles. The minimum Gasteiger partial charge on any atom is -0.365 e. The summed E-state index contributed by atoms with van der Waals surface area (Å²) in [6, 6.07) is 9.24. The van der Waals surface area contributed by atoms with Gasteiger partial charge in [0, 0.05) is 12.7 Å². The van der Waals surface area contributed by atoms with Gasteiger partial charge in [-0.05, 0) is 22.8 Å². The second kappa shape index (κ2) is 5.16. The van der Waals surface area contributed by atoms with E-state index in [2.05, 4.69) is 4.98 Å². The fraction of sp³-hybridized carbons (Fsp3) is 0.0769. The van der Waals surface area contributed by atoms with Crippen molar-refractivity contribution >= 4 is 17.5 Å². The maximum Gasteiger partial charge on any atom is 0.252 e. The van der Waals surface area contributed by atoms with Gasteiger partial charge in [-0.15, -0.1) is 0 Å². The van der Waals surface area contributed by atoms with Gasteiger partial charge in [0.2, 0.25) is 0 Å². The molecule has 0 aliphatic carbocycles. The normalized spacial score (nSPS) is 10.3. The first-order valence-electron chi connectivity index (χ1n) is 5.37. The molecule has 0 atom stereocenters. The minimum absolute atomic E-state index is 0.104. The summed E-state index contributed by atoms with van der Waals surface area (Å²) in [6.07, 6.45) is 1.54. The molecule has 2 aromatic rings. The molecular formula is C13H12ClN3O. The Morgan fingerprint density at radius 3 is 2.61 bits per heavy atom. The van der Waals surface area contributed by atoms with Gasteiger partial charge in [-0.1, -0.05) is 35.9 Å². The highest BCUT2D eigenvalue weighted by molar-refractivity contribution is 6.33. The summed E-state index contributed by atoms with van der Waals surface area (Å²) >= 11 is 5.93.